The summed E-state index contributed by atoms with van der Waals surface area (Å²) in [7, 11) is 1.64. The van der Waals surface area contributed by atoms with Crippen LogP contribution in [-0.2, 0) is 4.79 Å². The van der Waals surface area contributed by atoms with Crippen molar-refractivity contribution in [1.29, 1.82) is 0 Å². The molecule has 0 bridgehead atoms. The summed E-state index contributed by atoms with van der Waals surface area (Å²) < 4.78 is 12.6. The number of furan rings is 1. The van der Waals surface area contributed by atoms with Crippen LogP contribution in [0.4, 0.5) is 0 Å². The van der Waals surface area contributed by atoms with Gasteiger partial charge in [0.05, 0.1) is 13.4 Å². The van der Waals surface area contributed by atoms with Gasteiger partial charge in [-0.05, 0) is 57.0 Å². The molecule has 0 aliphatic carbocycles. The van der Waals surface area contributed by atoms with Gasteiger partial charge in [0.1, 0.15) is 11.3 Å². The van der Waals surface area contributed by atoms with Gasteiger partial charge in [-0.25, -0.2) is 0 Å². The van der Waals surface area contributed by atoms with E-state index in [-0.39, 0.29) is 11.9 Å². The molecule has 146 valence electrons. The molecule has 0 spiro atoms. The Morgan fingerprint density at radius 1 is 1.25 bits per heavy atom. The van der Waals surface area contributed by atoms with Crippen molar-refractivity contribution in [3.63, 3.8) is 0 Å². The molecule has 28 heavy (non-hydrogen) atoms. The predicted molar refractivity (Wildman–Crippen MR) is 118 cm³/mol. The third kappa shape index (κ3) is 3.99. The van der Waals surface area contributed by atoms with Crippen LogP contribution in [0.25, 0.3) is 27.7 Å². The molecule has 0 fully saturated rings. The van der Waals surface area contributed by atoms with Gasteiger partial charge in [-0.15, -0.1) is 0 Å². The topological polar surface area (TPSA) is 51.5 Å². The zero-order valence-electron chi connectivity index (χ0n) is 16.7. The second-order valence-corrected chi connectivity index (χ2v) is 8.02. The number of ether oxygens (including phenoxy) is 1. The number of nitrogens with one attached hydrogen (secondary N) is 1. The van der Waals surface area contributed by atoms with Gasteiger partial charge in [-0.2, -0.15) is 0 Å². The second kappa shape index (κ2) is 8.23. The average molecular weight is 442 g/mol. The highest BCUT2D eigenvalue weighted by molar-refractivity contribution is 9.10. The maximum absolute atomic E-state index is 12.2. The van der Waals surface area contributed by atoms with Gasteiger partial charge in [0.25, 0.3) is 0 Å². The van der Waals surface area contributed by atoms with Gasteiger partial charge in [0.2, 0.25) is 5.91 Å². The number of methoxy groups -OCH3 is 1. The van der Waals surface area contributed by atoms with E-state index in [4.69, 9.17) is 9.15 Å². The SMILES string of the molecule is COc1c(/C(C)=C/C(=O)NC(C)C)cc2c(-c3ccc(Br)cc3)coc2c1C. The van der Waals surface area contributed by atoms with Crippen molar-refractivity contribution in [2.45, 2.75) is 33.7 Å². The highest BCUT2D eigenvalue weighted by Crippen LogP contribution is 2.40. The molecule has 0 saturated heterocycles. The molecule has 3 aromatic rings. The molecule has 5 heteroatoms. The molecule has 3 rings (SSSR count). The van der Waals surface area contributed by atoms with Gasteiger partial charge < -0.3 is 14.5 Å². The molecule has 0 atom stereocenters. The number of fused-ring (bicyclic) bond motifs is 1. The average Bonchev–Trinajstić information content (AvgIpc) is 3.05. The Labute approximate surface area is 173 Å². The van der Waals surface area contributed by atoms with E-state index < -0.39 is 0 Å². The summed E-state index contributed by atoms with van der Waals surface area (Å²) in [5.74, 6) is 0.600. The van der Waals surface area contributed by atoms with Gasteiger partial charge in [-0.1, -0.05) is 28.1 Å². The van der Waals surface area contributed by atoms with Gasteiger partial charge in [-0.3, -0.25) is 4.79 Å². The fourth-order valence-electron chi connectivity index (χ4n) is 3.33. The molecule has 0 aliphatic heterocycles. The van der Waals surface area contributed by atoms with Crippen LogP contribution in [0.3, 0.4) is 0 Å². The van der Waals surface area contributed by atoms with Gasteiger partial charge in [0, 0.05) is 38.7 Å². The maximum atomic E-state index is 12.2. The minimum Gasteiger partial charge on any atom is -0.496 e. The van der Waals surface area contributed by atoms with E-state index in [1.165, 1.54) is 0 Å². The van der Waals surface area contributed by atoms with Crippen LogP contribution in [-0.4, -0.2) is 19.1 Å². The largest absolute Gasteiger partial charge is 0.496 e. The molecule has 0 aliphatic rings. The lowest BCUT2D eigenvalue weighted by Gasteiger charge is -2.14. The lowest BCUT2D eigenvalue weighted by molar-refractivity contribution is -0.116. The van der Waals surface area contributed by atoms with E-state index in [2.05, 4.69) is 21.2 Å². The Hall–Kier alpha value is -2.53. The first-order chi connectivity index (χ1) is 13.3. The zero-order chi connectivity index (χ0) is 20.4. The van der Waals surface area contributed by atoms with Gasteiger partial charge in [0.15, 0.2) is 0 Å². The summed E-state index contributed by atoms with van der Waals surface area (Å²) >= 11 is 3.47. The number of allylic oxidation sites excluding steroid dienone is 1. The normalized spacial score (nSPS) is 11.9. The standard InChI is InChI=1S/C23H24BrNO3/c1-13(2)25-21(26)10-14(3)18-11-19-20(16-6-8-17(24)9-7-16)12-28-23(19)15(4)22(18)27-5/h6-13H,1-5H3,(H,25,26)/b14-10+. The summed E-state index contributed by atoms with van der Waals surface area (Å²) in [6, 6.07) is 10.2. The van der Waals surface area contributed by atoms with Gasteiger partial charge >= 0.3 is 0 Å². The van der Waals surface area contributed by atoms with E-state index >= 15 is 0 Å². The molecule has 0 saturated carbocycles. The monoisotopic (exact) mass is 441 g/mol. The summed E-state index contributed by atoms with van der Waals surface area (Å²) in [6.07, 6.45) is 3.39. The number of aryl methyl sites for hydroxylation is 1. The van der Waals surface area contributed by atoms with Crippen molar-refractivity contribution in [2.75, 3.05) is 7.11 Å². The molecule has 1 amide bonds. The third-order valence-corrected chi connectivity index (χ3v) is 5.14. The molecular formula is C23H24BrNO3. The minimum atomic E-state index is -0.118. The fraction of sp³-hybridized carbons (Fsp3) is 0.261. The smallest absolute Gasteiger partial charge is 0.244 e. The number of halogens is 1. The highest BCUT2D eigenvalue weighted by atomic mass is 79.9. The van der Waals surface area contributed by atoms with Crippen LogP contribution in [0.2, 0.25) is 0 Å². The van der Waals surface area contributed by atoms with Crippen LogP contribution in [0.15, 0.2) is 51.6 Å². The second-order valence-electron chi connectivity index (χ2n) is 7.11. The van der Waals surface area contributed by atoms with E-state index in [1.807, 2.05) is 58.0 Å². The Balaban J connectivity index is 2.17. The Morgan fingerprint density at radius 3 is 2.54 bits per heavy atom. The van der Waals surface area contributed by atoms with E-state index in [1.54, 1.807) is 19.4 Å². The van der Waals surface area contributed by atoms with Crippen LogP contribution < -0.4 is 10.1 Å². The Morgan fingerprint density at radius 2 is 1.93 bits per heavy atom. The number of rotatable bonds is 5. The molecule has 0 unspecified atom stereocenters. The van der Waals surface area contributed by atoms with Crippen LogP contribution >= 0.6 is 15.9 Å². The number of benzene rings is 2. The molecule has 0 radical (unpaired) electrons. The fourth-order valence-corrected chi connectivity index (χ4v) is 3.59. The molecule has 1 heterocycles. The van der Waals surface area contributed by atoms with Crippen LogP contribution in [0, 0.1) is 6.92 Å². The number of carbonyl (C=O) groups excluding carboxylic acids is 1. The van der Waals surface area contributed by atoms with Crippen molar-refractivity contribution in [2.24, 2.45) is 0 Å². The molecule has 4 nitrogen and oxygen atoms in total. The predicted octanol–water partition coefficient (Wildman–Crippen LogP) is 6.11. The Bertz CT molecular complexity index is 1050. The number of carbonyl (C=O) groups is 1. The van der Waals surface area contributed by atoms with E-state index in [0.717, 1.165) is 49.0 Å². The first-order valence-electron chi connectivity index (χ1n) is 9.15. The van der Waals surface area contributed by atoms with Crippen molar-refractivity contribution < 1.29 is 13.9 Å². The first-order valence-corrected chi connectivity index (χ1v) is 9.95. The maximum Gasteiger partial charge on any atom is 0.244 e. The molecule has 2 aromatic carbocycles. The van der Waals surface area contributed by atoms with Crippen molar-refractivity contribution >= 4 is 38.4 Å². The first kappa shape index (κ1) is 20.2. The summed E-state index contributed by atoms with van der Waals surface area (Å²) in [5, 5.41) is 3.88. The lowest BCUT2D eigenvalue weighted by Crippen LogP contribution is -2.28. The van der Waals surface area contributed by atoms with Crippen LogP contribution in [0.1, 0.15) is 31.9 Å². The number of hydrogen-bond acceptors (Lipinski definition) is 3. The summed E-state index contributed by atoms with van der Waals surface area (Å²) in [5.41, 5.74) is 5.49. The van der Waals surface area contributed by atoms with E-state index in [9.17, 15) is 4.79 Å². The zero-order valence-corrected chi connectivity index (χ0v) is 18.3. The summed E-state index contributed by atoms with van der Waals surface area (Å²) in [4.78, 5) is 12.2. The third-order valence-electron chi connectivity index (χ3n) is 4.61. The Kier molecular flexibility index (Phi) is 5.94. The number of hydrogen-bond donors (Lipinski definition) is 1. The minimum absolute atomic E-state index is 0.0838. The van der Waals surface area contributed by atoms with Crippen molar-refractivity contribution in [3.8, 4) is 16.9 Å². The molecule has 1 aromatic heterocycles. The van der Waals surface area contributed by atoms with Crippen molar-refractivity contribution in [1.82, 2.24) is 5.32 Å². The molecular weight excluding hydrogens is 418 g/mol. The highest BCUT2D eigenvalue weighted by Gasteiger charge is 2.18. The van der Waals surface area contributed by atoms with Crippen LogP contribution in [0.5, 0.6) is 5.75 Å². The lowest BCUT2D eigenvalue weighted by atomic mass is 9.96. The summed E-state index contributed by atoms with van der Waals surface area (Å²) in [6.45, 7) is 7.77. The molecule has 1 N–H and O–H groups in total. The van der Waals surface area contributed by atoms with E-state index in [0.29, 0.717) is 0 Å². The quantitative estimate of drug-likeness (QED) is 0.486. The van der Waals surface area contributed by atoms with Crippen molar-refractivity contribution in [3.05, 3.63) is 58.3 Å². The number of amides is 1.